The Morgan fingerprint density at radius 1 is 1.27 bits per heavy atom. The van der Waals surface area contributed by atoms with Crippen LogP contribution in [-0.4, -0.2) is 19.1 Å². The highest BCUT2D eigenvalue weighted by Crippen LogP contribution is 2.34. The van der Waals surface area contributed by atoms with Gasteiger partial charge in [0.15, 0.2) is 0 Å². The van der Waals surface area contributed by atoms with Crippen LogP contribution in [0.1, 0.15) is 31.7 Å². The molecule has 6 heteroatoms. The minimum Gasteiger partial charge on any atom is -0.346 e. The predicted octanol–water partition coefficient (Wildman–Crippen LogP) is 2.50. The molecule has 1 fully saturated rings. The lowest BCUT2D eigenvalue weighted by atomic mass is 9.85. The van der Waals surface area contributed by atoms with Crippen molar-refractivity contribution in [1.82, 2.24) is 19.1 Å². The second kappa shape index (κ2) is 6.34. The van der Waals surface area contributed by atoms with E-state index in [0.29, 0.717) is 22.5 Å². The first-order chi connectivity index (χ1) is 12.6. The van der Waals surface area contributed by atoms with Crippen LogP contribution >= 0.6 is 0 Å². The normalized spacial score (nSPS) is 20.8. The van der Waals surface area contributed by atoms with Gasteiger partial charge in [0.05, 0.1) is 10.9 Å². The van der Waals surface area contributed by atoms with Crippen LogP contribution in [0.3, 0.4) is 0 Å². The monoisotopic (exact) mass is 348 g/mol. The van der Waals surface area contributed by atoms with E-state index in [-0.39, 0.29) is 17.3 Å². The molecule has 0 aliphatic heterocycles. The molecule has 3 aromatic heterocycles. The molecule has 1 aliphatic rings. The molecule has 3 aromatic rings. The minimum absolute atomic E-state index is 0.0628. The number of pyridine rings is 1. The second-order valence-electron chi connectivity index (χ2n) is 6.87. The van der Waals surface area contributed by atoms with Crippen LogP contribution in [0.25, 0.3) is 21.9 Å². The van der Waals surface area contributed by atoms with Crippen LogP contribution < -0.4 is 11.2 Å². The third-order valence-corrected chi connectivity index (χ3v) is 5.40. The SMILES string of the molecule is C#C/C=C/C1CCC(n2c(=O)n(C)c(=O)c3cnc4[nH]ccc4c32)CC1. The first-order valence-electron chi connectivity index (χ1n) is 8.82. The van der Waals surface area contributed by atoms with E-state index in [1.54, 1.807) is 23.0 Å². The molecule has 26 heavy (non-hydrogen) atoms. The predicted molar refractivity (Wildman–Crippen MR) is 102 cm³/mol. The summed E-state index contributed by atoms with van der Waals surface area (Å²) in [5.41, 5.74) is 0.804. The molecule has 3 heterocycles. The van der Waals surface area contributed by atoms with Crippen molar-refractivity contribution in [3.05, 3.63) is 51.5 Å². The fourth-order valence-electron chi connectivity index (χ4n) is 4.02. The van der Waals surface area contributed by atoms with Gasteiger partial charge in [-0.1, -0.05) is 12.0 Å². The number of nitrogens with one attached hydrogen (secondary N) is 1. The number of terminal acetylenes is 1. The Morgan fingerprint density at radius 2 is 2.04 bits per heavy atom. The number of fused-ring (bicyclic) bond motifs is 3. The Hall–Kier alpha value is -3.07. The second-order valence-corrected chi connectivity index (χ2v) is 6.87. The average molecular weight is 348 g/mol. The molecule has 132 valence electrons. The number of aromatic nitrogens is 4. The summed E-state index contributed by atoms with van der Waals surface area (Å²) < 4.78 is 2.99. The van der Waals surface area contributed by atoms with E-state index in [1.807, 2.05) is 6.07 Å². The zero-order valence-electron chi connectivity index (χ0n) is 14.6. The standard InChI is InChI=1S/C20H20N4O2/c1-3-4-5-13-6-8-14(9-7-13)24-17-15-10-11-21-18(15)22-12-16(17)19(25)23(2)20(24)26/h1,4-5,10-14H,6-9H2,2H3,(H,21,22)/b5-4+. The molecule has 4 rings (SSSR count). The summed E-state index contributed by atoms with van der Waals surface area (Å²) in [6, 6.07) is 1.94. The fourth-order valence-corrected chi connectivity index (χ4v) is 4.02. The quantitative estimate of drug-likeness (QED) is 0.723. The molecule has 1 aliphatic carbocycles. The van der Waals surface area contributed by atoms with E-state index in [0.717, 1.165) is 31.1 Å². The third kappa shape index (κ3) is 2.48. The van der Waals surface area contributed by atoms with Gasteiger partial charge in [-0.2, -0.15) is 0 Å². The molecule has 0 spiro atoms. The maximum Gasteiger partial charge on any atom is 0.331 e. The van der Waals surface area contributed by atoms with Crippen LogP contribution in [-0.2, 0) is 7.05 Å². The molecule has 6 nitrogen and oxygen atoms in total. The van der Waals surface area contributed by atoms with Gasteiger partial charge in [0.2, 0.25) is 0 Å². The number of allylic oxidation sites excluding steroid dienone is 2. The van der Waals surface area contributed by atoms with Crippen LogP contribution in [0.5, 0.6) is 0 Å². The molecular formula is C20H20N4O2. The Kier molecular flexibility index (Phi) is 4.00. The summed E-state index contributed by atoms with van der Waals surface area (Å²) in [7, 11) is 1.53. The maximum absolute atomic E-state index is 13.0. The zero-order valence-corrected chi connectivity index (χ0v) is 14.6. The van der Waals surface area contributed by atoms with E-state index in [1.165, 1.54) is 11.6 Å². The lowest BCUT2D eigenvalue weighted by Gasteiger charge is -2.29. The highest BCUT2D eigenvalue weighted by molar-refractivity contribution is 6.01. The first kappa shape index (κ1) is 16.4. The van der Waals surface area contributed by atoms with E-state index in [4.69, 9.17) is 6.42 Å². The summed E-state index contributed by atoms with van der Waals surface area (Å²) in [6.07, 6.45) is 16.2. The number of nitrogens with zero attached hydrogens (tertiary/aromatic N) is 3. The van der Waals surface area contributed by atoms with E-state index in [9.17, 15) is 9.59 Å². The average Bonchev–Trinajstić information content (AvgIpc) is 3.14. The minimum atomic E-state index is -0.303. The van der Waals surface area contributed by atoms with Gasteiger partial charge < -0.3 is 4.98 Å². The van der Waals surface area contributed by atoms with Crippen LogP contribution in [0, 0.1) is 18.3 Å². The van der Waals surface area contributed by atoms with Gasteiger partial charge in [0, 0.05) is 30.9 Å². The van der Waals surface area contributed by atoms with Crippen molar-refractivity contribution in [1.29, 1.82) is 0 Å². The van der Waals surface area contributed by atoms with Gasteiger partial charge in [0.25, 0.3) is 5.56 Å². The smallest absolute Gasteiger partial charge is 0.331 e. The summed E-state index contributed by atoms with van der Waals surface area (Å²) in [5.74, 6) is 2.99. The van der Waals surface area contributed by atoms with Crippen molar-refractivity contribution in [2.75, 3.05) is 0 Å². The lowest BCUT2D eigenvalue weighted by Crippen LogP contribution is -2.40. The molecule has 1 saturated carbocycles. The van der Waals surface area contributed by atoms with Crippen molar-refractivity contribution in [3.8, 4) is 12.3 Å². The fraction of sp³-hybridized carbons (Fsp3) is 0.350. The molecule has 0 bridgehead atoms. The molecule has 1 N–H and O–H groups in total. The van der Waals surface area contributed by atoms with Crippen molar-refractivity contribution in [2.45, 2.75) is 31.7 Å². The molecular weight excluding hydrogens is 328 g/mol. The van der Waals surface area contributed by atoms with Crippen molar-refractivity contribution in [3.63, 3.8) is 0 Å². The van der Waals surface area contributed by atoms with Gasteiger partial charge in [-0.25, -0.2) is 9.78 Å². The lowest BCUT2D eigenvalue weighted by molar-refractivity contribution is 0.304. The first-order valence-corrected chi connectivity index (χ1v) is 8.82. The highest BCUT2D eigenvalue weighted by atomic mass is 16.2. The van der Waals surface area contributed by atoms with E-state index in [2.05, 4.69) is 22.0 Å². The molecule has 0 amide bonds. The molecule has 0 saturated heterocycles. The van der Waals surface area contributed by atoms with Gasteiger partial charge in [0.1, 0.15) is 5.65 Å². The van der Waals surface area contributed by atoms with Gasteiger partial charge >= 0.3 is 5.69 Å². The van der Waals surface area contributed by atoms with Crippen LogP contribution in [0.15, 0.2) is 40.2 Å². The Morgan fingerprint density at radius 3 is 2.77 bits per heavy atom. The summed E-state index contributed by atoms with van der Waals surface area (Å²) in [5, 5.41) is 1.29. The molecule has 0 aromatic carbocycles. The Bertz CT molecular complexity index is 1160. The summed E-state index contributed by atoms with van der Waals surface area (Å²) in [6.45, 7) is 0. The Balaban J connectivity index is 1.89. The molecule has 0 atom stereocenters. The maximum atomic E-state index is 13.0. The third-order valence-electron chi connectivity index (χ3n) is 5.40. The zero-order chi connectivity index (χ0) is 18.3. The van der Waals surface area contributed by atoms with Gasteiger partial charge in [-0.15, -0.1) is 6.42 Å². The van der Waals surface area contributed by atoms with E-state index >= 15 is 0 Å². The largest absolute Gasteiger partial charge is 0.346 e. The molecule has 0 radical (unpaired) electrons. The number of aromatic amines is 1. The number of rotatable bonds is 2. The number of hydrogen-bond donors (Lipinski definition) is 1. The molecule has 0 unspecified atom stereocenters. The van der Waals surface area contributed by atoms with Crippen LogP contribution in [0.2, 0.25) is 0 Å². The van der Waals surface area contributed by atoms with E-state index < -0.39 is 0 Å². The topological polar surface area (TPSA) is 72.7 Å². The number of H-pyrrole nitrogens is 1. The highest BCUT2D eigenvalue weighted by Gasteiger charge is 2.25. The van der Waals surface area contributed by atoms with Crippen molar-refractivity contribution >= 4 is 21.9 Å². The van der Waals surface area contributed by atoms with Gasteiger partial charge in [-0.3, -0.25) is 13.9 Å². The van der Waals surface area contributed by atoms with Crippen LogP contribution in [0.4, 0.5) is 0 Å². The summed E-state index contributed by atoms with van der Waals surface area (Å²) >= 11 is 0. The van der Waals surface area contributed by atoms with Crippen molar-refractivity contribution in [2.24, 2.45) is 13.0 Å². The van der Waals surface area contributed by atoms with Crippen molar-refractivity contribution < 1.29 is 0 Å². The Labute approximate surface area is 150 Å². The van der Waals surface area contributed by atoms with Gasteiger partial charge in [-0.05, 0) is 43.7 Å². The number of hydrogen-bond acceptors (Lipinski definition) is 3. The summed E-state index contributed by atoms with van der Waals surface area (Å²) in [4.78, 5) is 33.0.